The van der Waals surface area contributed by atoms with E-state index in [4.69, 9.17) is 10.5 Å². The molecule has 1 aromatic carbocycles. The average Bonchev–Trinajstić information content (AvgIpc) is 3.14. The van der Waals surface area contributed by atoms with Crippen LogP contribution in [0.15, 0.2) is 24.3 Å². The topological polar surface area (TPSA) is 55.5 Å². The lowest BCUT2D eigenvalue weighted by Crippen LogP contribution is -2.34. The first-order valence-electron chi connectivity index (χ1n) is 6.37. The number of ether oxygens (including phenoxy) is 1. The zero-order chi connectivity index (χ0) is 12.3. The molecule has 17 heavy (non-hydrogen) atoms. The van der Waals surface area contributed by atoms with Crippen LogP contribution in [0, 0.1) is 0 Å². The molecule has 1 saturated carbocycles. The summed E-state index contributed by atoms with van der Waals surface area (Å²) < 4.78 is 5.67. The van der Waals surface area contributed by atoms with Crippen molar-refractivity contribution in [3.05, 3.63) is 29.8 Å². The molecule has 0 saturated heterocycles. The van der Waals surface area contributed by atoms with Gasteiger partial charge in [-0.3, -0.25) is 0 Å². The van der Waals surface area contributed by atoms with Crippen LogP contribution < -0.4 is 10.5 Å². The minimum Gasteiger partial charge on any atom is -0.490 e. The molecule has 3 N–H and O–H groups in total. The molecule has 1 aliphatic carbocycles. The minimum atomic E-state index is -0.896. The van der Waals surface area contributed by atoms with Crippen molar-refractivity contribution in [3.63, 3.8) is 0 Å². The molecule has 0 aliphatic heterocycles. The molecule has 3 heteroatoms. The lowest BCUT2D eigenvalue weighted by Gasteiger charge is -2.26. The molecule has 0 aromatic heterocycles. The summed E-state index contributed by atoms with van der Waals surface area (Å²) in [5.74, 6) is 0.882. The van der Waals surface area contributed by atoms with Gasteiger partial charge in [-0.1, -0.05) is 25.5 Å². The van der Waals surface area contributed by atoms with Crippen molar-refractivity contribution in [1.82, 2.24) is 0 Å². The number of aliphatic hydroxyl groups is 1. The smallest absolute Gasteiger partial charge is 0.119 e. The molecule has 2 rings (SSSR count). The fourth-order valence-electron chi connectivity index (χ4n) is 2.00. The van der Waals surface area contributed by atoms with E-state index < -0.39 is 5.60 Å². The van der Waals surface area contributed by atoms with Gasteiger partial charge < -0.3 is 15.6 Å². The minimum absolute atomic E-state index is 0.254. The van der Waals surface area contributed by atoms with Gasteiger partial charge in [0.2, 0.25) is 0 Å². The van der Waals surface area contributed by atoms with Crippen LogP contribution in [0.4, 0.5) is 0 Å². The van der Waals surface area contributed by atoms with Crippen LogP contribution in [0.1, 0.15) is 38.2 Å². The molecule has 0 bridgehead atoms. The van der Waals surface area contributed by atoms with Gasteiger partial charge in [0, 0.05) is 6.54 Å². The van der Waals surface area contributed by atoms with Crippen LogP contribution >= 0.6 is 0 Å². The lowest BCUT2D eigenvalue weighted by atomic mass is 9.89. The van der Waals surface area contributed by atoms with Gasteiger partial charge in [0.15, 0.2) is 0 Å². The van der Waals surface area contributed by atoms with Crippen molar-refractivity contribution in [2.75, 3.05) is 6.54 Å². The Morgan fingerprint density at radius 3 is 2.47 bits per heavy atom. The molecule has 0 heterocycles. The van der Waals surface area contributed by atoms with Gasteiger partial charge in [-0.25, -0.2) is 0 Å². The number of hydrogen-bond acceptors (Lipinski definition) is 3. The Labute approximate surface area is 103 Å². The SMILES string of the molecule is CCCC(O)(CN)c1ccc(OC2CC2)cc1. The number of rotatable bonds is 6. The maximum absolute atomic E-state index is 10.4. The summed E-state index contributed by atoms with van der Waals surface area (Å²) >= 11 is 0. The number of hydrogen-bond donors (Lipinski definition) is 2. The standard InChI is InChI=1S/C14H21NO2/c1-2-9-14(16,10-15)11-3-5-12(6-4-11)17-13-7-8-13/h3-6,13,16H,2,7-10,15H2,1H3. The van der Waals surface area contributed by atoms with Gasteiger partial charge in [0.05, 0.1) is 6.10 Å². The van der Waals surface area contributed by atoms with E-state index in [-0.39, 0.29) is 6.54 Å². The summed E-state index contributed by atoms with van der Waals surface area (Å²) in [4.78, 5) is 0. The summed E-state index contributed by atoms with van der Waals surface area (Å²) in [5.41, 5.74) is 5.66. The first kappa shape index (κ1) is 12.4. The highest BCUT2D eigenvalue weighted by Crippen LogP contribution is 2.30. The van der Waals surface area contributed by atoms with Crippen molar-refractivity contribution >= 4 is 0 Å². The molecule has 0 amide bonds. The Bertz CT molecular complexity index is 359. The van der Waals surface area contributed by atoms with Crippen molar-refractivity contribution in [2.24, 2.45) is 5.73 Å². The van der Waals surface area contributed by atoms with Gasteiger partial charge in [0.1, 0.15) is 11.4 Å². The first-order valence-corrected chi connectivity index (χ1v) is 6.37. The van der Waals surface area contributed by atoms with E-state index in [9.17, 15) is 5.11 Å². The summed E-state index contributed by atoms with van der Waals surface area (Å²) in [6.45, 7) is 2.30. The van der Waals surface area contributed by atoms with Crippen molar-refractivity contribution in [2.45, 2.75) is 44.3 Å². The molecule has 1 aromatic rings. The summed E-state index contributed by atoms with van der Waals surface area (Å²) in [5, 5.41) is 10.4. The first-order chi connectivity index (χ1) is 8.18. The highest BCUT2D eigenvalue weighted by molar-refractivity contribution is 5.31. The van der Waals surface area contributed by atoms with Crippen molar-refractivity contribution in [1.29, 1.82) is 0 Å². The molecule has 94 valence electrons. The molecule has 1 fully saturated rings. The van der Waals surface area contributed by atoms with E-state index in [1.54, 1.807) is 0 Å². The van der Waals surface area contributed by atoms with E-state index in [2.05, 4.69) is 0 Å². The largest absolute Gasteiger partial charge is 0.490 e. The van der Waals surface area contributed by atoms with E-state index in [0.29, 0.717) is 12.5 Å². The lowest BCUT2D eigenvalue weighted by molar-refractivity contribution is 0.0359. The van der Waals surface area contributed by atoms with E-state index >= 15 is 0 Å². The third-order valence-corrected chi connectivity index (χ3v) is 3.22. The second-order valence-electron chi connectivity index (χ2n) is 4.83. The second kappa shape index (κ2) is 5.07. The summed E-state index contributed by atoms with van der Waals surface area (Å²) in [7, 11) is 0. The molecule has 1 aliphatic rings. The number of nitrogens with two attached hydrogens (primary N) is 1. The summed E-state index contributed by atoms with van der Waals surface area (Å²) in [6, 6.07) is 7.67. The van der Waals surface area contributed by atoms with Crippen LogP contribution in [0.5, 0.6) is 5.75 Å². The Kier molecular flexibility index (Phi) is 3.69. The van der Waals surface area contributed by atoms with Crippen molar-refractivity contribution in [3.8, 4) is 5.75 Å². The zero-order valence-corrected chi connectivity index (χ0v) is 10.4. The second-order valence-corrected chi connectivity index (χ2v) is 4.83. The Morgan fingerprint density at radius 2 is 2.00 bits per heavy atom. The van der Waals surface area contributed by atoms with Gasteiger partial charge in [-0.15, -0.1) is 0 Å². The zero-order valence-electron chi connectivity index (χ0n) is 10.4. The maximum Gasteiger partial charge on any atom is 0.119 e. The highest BCUT2D eigenvalue weighted by Gasteiger charge is 2.27. The van der Waals surface area contributed by atoms with Gasteiger partial charge >= 0.3 is 0 Å². The molecular formula is C14H21NO2. The third-order valence-electron chi connectivity index (χ3n) is 3.22. The molecule has 0 spiro atoms. The monoisotopic (exact) mass is 235 g/mol. The predicted molar refractivity (Wildman–Crippen MR) is 68.0 cm³/mol. The molecule has 0 radical (unpaired) electrons. The molecule has 1 atom stereocenters. The quantitative estimate of drug-likeness (QED) is 0.794. The van der Waals surface area contributed by atoms with Gasteiger partial charge in [0.25, 0.3) is 0 Å². The number of benzene rings is 1. The molecular weight excluding hydrogens is 214 g/mol. The highest BCUT2D eigenvalue weighted by atomic mass is 16.5. The Balaban J connectivity index is 2.09. The fourth-order valence-corrected chi connectivity index (χ4v) is 2.00. The van der Waals surface area contributed by atoms with Crippen LogP contribution in [0.2, 0.25) is 0 Å². The molecule has 3 nitrogen and oxygen atoms in total. The average molecular weight is 235 g/mol. The van der Waals surface area contributed by atoms with Crippen LogP contribution in [-0.4, -0.2) is 17.8 Å². The van der Waals surface area contributed by atoms with Crippen LogP contribution in [-0.2, 0) is 5.60 Å². The fraction of sp³-hybridized carbons (Fsp3) is 0.571. The molecule has 1 unspecified atom stereocenters. The van der Waals surface area contributed by atoms with Crippen molar-refractivity contribution < 1.29 is 9.84 Å². The van der Waals surface area contributed by atoms with Gasteiger partial charge in [-0.05, 0) is 37.0 Å². The maximum atomic E-state index is 10.4. The Hall–Kier alpha value is -1.06. The van der Waals surface area contributed by atoms with Gasteiger partial charge in [-0.2, -0.15) is 0 Å². The van der Waals surface area contributed by atoms with E-state index in [1.807, 2.05) is 31.2 Å². The third kappa shape index (κ3) is 2.99. The predicted octanol–water partition coefficient (Wildman–Crippen LogP) is 2.17. The van der Waals surface area contributed by atoms with Crippen LogP contribution in [0.25, 0.3) is 0 Å². The Morgan fingerprint density at radius 1 is 1.35 bits per heavy atom. The normalized spacial score (nSPS) is 18.8. The van der Waals surface area contributed by atoms with Crippen LogP contribution in [0.3, 0.4) is 0 Å². The van der Waals surface area contributed by atoms with E-state index in [0.717, 1.165) is 30.6 Å². The summed E-state index contributed by atoms with van der Waals surface area (Å²) in [6.07, 6.45) is 4.32. The van der Waals surface area contributed by atoms with E-state index in [1.165, 1.54) is 0 Å².